The van der Waals surface area contributed by atoms with Gasteiger partial charge in [0.05, 0.1) is 24.9 Å². The molecular weight excluding hydrogens is 448 g/mol. The zero-order chi connectivity index (χ0) is 25.4. The number of hydrogen-bond donors (Lipinski definition) is 3. The second kappa shape index (κ2) is 12.0. The second-order valence-corrected chi connectivity index (χ2v) is 9.33. The van der Waals surface area contributed by atoms with Crippen LogP contribution < -0.4 is 21.7 Å². The van der Waals surface area contributed by atoms with E-state index in [0.717, 1.165) is 22.8 Å². The van der Waals surface area contributed by atoms with Crippen molar-refractivity contribution >= 4 is 11.8 Å². The number of nitrogens with zero attached hydrogens (tertiary/aromatic N) is 3. The first-order chi connectivity index (χ1) is 16.6. The van der Waals surface area contributed by atoms with Gasteiger partial charge in [-0.15, -0.1) is 0 Å². The van der Waals surface area contributed by atoms with Crippen molar-refractivity contribution in [1.82, 2.24) is 15.3 Å². The molecule has 1 aliphatic rings. The lowest BCUT2D eigenvalue weighted by molar-refractivity contribution is -0.00221. The number of ether oxygens (including phenoxy) is 3. The molecule has 2 aromatic carbocycles. The molecule has 2 atom stereocenters. The molecule has 1 heterocycles. The van der Waals surface area contributed by atoms with Crippen LogP contribution in [0.4, 0.5) is 4.79 Å². The summed E-state index contributed by atoms with van der Waals surface area (Å²) in [5, 5.41) is 6.75. The monoisotopic (exact) mass is 484 g/mol. The van der Waals surface area contributed by atoms with E-state index in [1.807, 2.05) is 80.4 Å². The third kappa shape index (κ3) is 8.22. The molecule has 0 aliphatic carbocycles. The normalized spacial score (nSPS) is 16.6. The highest BCUT2D eigenvalue weighted by molar-refractivity contribution is 6.01. The summed E-state index contributed by atoms with van der Waals surface area (Å²) in [5.74, 6) is 6.87. The fourth-order valence-electron chi connectivity index (χ4n) is 3.45. The van der Waals surface area contributed by atoms with E-state index in [0.29, 0.717) is 26.1 Å². The van der Waals surface area contributed by atoms with Crippen molar-refractivity contribution in [2.24, 2.45) is 16.7 Å². The number of nitrogens with two attached hydrogens (primary N) is 2. The Morgan fingerprint density at radius 3 is 2.46 bits per heavy atom. The molecule has 0 fully saturated rings. The average Bonchev–Trinajstić information content (AvgIpc) is 3.24. The predicted molar refractivity (Wildman–Crippen MR) is 135 cm³/mol. The van der Waals surface area contributed by atoms with Crippen molar-refractivity contribution in [3.8, 4) is 11.5 Å². The number of benzene rings is 2. The Balaban J connectivity index is 1.66. The summed E-state index contributed by atoms with van der Waals surface area (Å²) in [6, 6.07) is 17.4. The lowest BCUT2D eigenvalue weighted by Crippen LogP contribution is -2.47. The molecule has 3 rings (SSSR count). The minimum Gasteiger partial charge on any atom is -0.457 e. The molecule has 10 heteroatoms. The standard InChI is InChI=1S/C25H36N6O4/c1-25(2,3)35-24(32)30(4)14-15-31-19(17-33-23(26)28-27)16-22(29-31)18-10-12-21(13-11-18)34-20-8-6-5-7-9-20/h5-13,19,23,28H,14-17,26-27H2,1-4H3. The molecule has 5 N–H and O–H groups in total. The van der Waals surface area contributed by atoms with Crippen molar-refractivity contribution in [2.75, 3.05) is 26.7 Å². The van der Waals surface area contributed by atoms with Gasteiger partial charge < -0.3 is 19.1 Å². The molecule has 35 heavy (non-hydrogen) atoms. The highest BCUT2D eigenvalue weighted by atomic mass is 16.6. The number of hydrogen-bond acceptors (Lipinski definition) is 9. The Kier molecular flexibility index (Phi) is 9.05. The maximum Gasteiger partial charge on any atom is 0.410 e. The highest BCUT2D eigenvalue weighted by Gasteiger charge is 2.29. The summed E-state index contributed by atoms with van der Waals surface area (Å²) in [7, 11) is 1.71. The van der Waals surface area contributed by atoms with Crippen LogP contribution in [0.25, 0.3) is 0 Å². The van der Waals surface area contributed by atoms with Crippen LogP contribution in [0.15, 0.2) is 59.7 Å². The Bertz CT molecular complexity index is 978. The van der Waals surface area contributed by atoms with E-state index >= 15 is 0 Å². The van der Waals surface area contributed by atoms with Crippen LogP contribution >= 0.6 is 0 Å². The van der Waals surface area contributed by atoms with Crippen LogP contribution in [0.5, 0.6) is 11.5 Å². The van der Waals surface area contributed by atoms with E-state index in [1.165, 1.54) is 0 Å². The number of likely N-dealkylation sites (N-methyl/N-ethyl adjacent to an activating group) is 1. The van der Waals surface area contributed by atoms with Gasteiger partial charge in [-0.3, -0.25) is 16.6 Å². The summed E-state index contributed by atoms with van der Waals surface area (Å²) in [4.78, 5) is 13.9. The van der Waals surface area contributed by atoms with Gasteiger partial charge in [0.2, 0.25) is 0 Å². The predicted octanol–water partition coefficient (Wildman–Crippen LogP) is 2.85. The molecule has 1 amide bonds. The molecule has 0 saturated carbocycles. The number of carbonyl (C=O) groups is 1. The molecule has 0 saturated heterocycles. The quantitative estimate of drug-likeness (QED) is 0.267. The van der Waals surface area contributed by atoms with Gasteiger partial charge in [0, 0.05) is 20.0 Å². The van der Waals surface area contributed by atoms with Gasteiger partial charge in [-0.25, -0.2) is 10.2 Å². The van der Waals surface area contributed by atoms with E-state index in [1.54, 1.807) is 11.9 Å². The SMILES string of the molecule is CN(CCN1N=C(c2ccc(Oc3ccccc3)cc2)CC1COC(N)NN)C(=O)OC(C)(C)C. The van der Waals surface area contributed by atoms with Gasteiger partial charge in [-0.1, -0.05) is 18.2 Å². The molecular formula is C25H36N6O4. The van der Waals surface area contributed by atoms with Gasteiger partial charge >= 0.3 is 6.09 Å². The molecule has 0 bridgehead atoms. The fraction of sp³-hybridized carbons (Fsp3) is 0.440. The van der Waals surface area contributed by atoms with Crippen molar-refractivity contribution < 1.29 is 19.0 Å². The van der Waals surface area contributed by atoms with E-state index in [4.69, 9.17) is 30.9 Å². The number of hydrazone groups is 1. The molecule has 0 aromatic heterocycles. The van der Waals surface area contributed by atoms with Crippen molar-refractivity contribution in [1.29, 1.82) is 0 Å². The topological polar surface area (TPSA) is 128 Å². The van der Waals surface area contributed by atoms with Crippen LogP contribution in [0, 0.1) is 0 Å². The van der Waals surface area contributed by atoms with Crippen LogP contribution in [-0.4, -0.2) is 66.5 Å². The maximum atomic E-state index is 12.3. The Labute approximate surface area is 206 Å². The number of nitrogens with one attached hydrogen (secondary N) is 1. The number of amides is 1. The Morgan fingerprint density at radius 2 is 1.83 bits per heavy atom. The van der Waals surface area contributed by atoms with Crippen molar-refractivity contribution in [3.63, 3.8) is 0 Å². The average molecular weight is 485 g/mol. The zero-order valence-electron chi connectivity index (χ0n) is 20.8. The van der Waals surface area contributed by atoms with E-state index < -0.39 is 12.0 Å². The molecule has 2 unspecified atom stereocenters. The summed E-state index contributed by atoms with van der Waals surface area (Å²) in [6.45, 7) is 6.79. The number of hydrazine groups is 1. The maximum absolute atomic E-state index is 12.3. The van der Waals surface area contributed by atoms with Crippen LogP contribution in [0.2, 0.25) is 0 Å². The summed E-state index contributed by atoms with van der Waals surface area (Å²) in [5.41, 5.74) is 9.47. The highest BCUT2D eigenvalue weighted by Crippen LogP contribution is 2.25. The molecule has 10 nitrogen and oxygen atoms in total. The van der Waals surface area contributed by atoms with Gasteiger partial charge in [-0.05, 0) is 62.7 Å². The number of carbonyl (C=O) groups excluding carboxylic acids is 1. The second-order valence-electron chi connectivity index (χ2n) is 9.33. The molecule has 2 aromatic rings. The molecule has 0 radical (unpaired) electrons. The third-order valence-corrected chi connectivity index (χ3v) is 5.27. The van der Waals surface area contributed by atoms with Crippen LogP contribution in [0.1, 0.15) is 32.8 Å². The summed E-state index contributed by atoms with van der Waals surface area (Å²) < 4.78 is 16.9. The minimum atomic E-state index is -0.778. The molecule has 1 aliphatic heterocycles. The van der Waals surface area contributed by atoms with Crippen LogP contribution in [-0.2, 0) is 9.47 Å². The fourth-order valence-corrected chi connectivity index (χ4v) is 3.45. The van der Waals surface area contributed by atoms with Gasteiger partial charge in [-0.2, -0.15) is 5.10 Å². The first-order valence-electron chi connectivity index (χ1n) is 11.6. The number of para-hydroxylation sites is 1. The lowest BCUT2D eigenvalue weighted by Gasteiger charge is -2.28. The first kappa shape index (κ1) is 26.4. The Morgan fingerprint density at radius 1 is 1.17 bits per heavy atom. The van der Waals surface area contributed by atoms with E-state index in [-0.39, 0.29) is 12.1 Å². The van der Waals surface area contributed by atoms with Gasteiger partial charge in [0.1, 0.15) is 17.1 Å². The summed E-state index contributed by atoms with van der Waals surface area (Å²) >= 11 is 0. The van der Waals surface area contributed by atoms with Gasteiger partial charge in [0.25, 0.3) is 0 Å². The molecule has 190 valence electrons. The van der Waals surface area contributed by atoms with Crippen LogP contribution in [0.3, 0.4) is 0 Å². The smallest absolute Gasteiger partial charge is 0.410 e. The molecule has 0 spiro atoms. The van der Waals surface area contributed by atoms with Crippen molar-refractivity contribution in [3.05, 3.63) is 60.2 Å². The van der Waals surface area contributed by atoms with E-state index in [9.17, 15) is 4.79 Å². The summed E-state index contributed by atoms with van der Waals surface area (Å²) in [6.07, 6.45) is -0.497. The minimum absolute atomic E-state index is 0.0586. The zero-order valence-corrected chi connectivity index (χ0v) is 20.8. The first-order valence-corrected chi connectivity index (χ1v) is 11.6. The third-order valence-electron chi connectivity index (χ3n) is 5.27. The number of rotatable bonds is 10. The largest absolute Gasteiger partial charge is 0.457 e. The lowest BCUT2D eigenvalue weighted by atomic mass is 10.0. The van der Waals surface area contributed by atoms with E-state index in [2.05, 4.69) is 5.43 Å². The van der Waals surface area contributed by atoms with Gasteiger partial charge in [0.15, 0.2) is 6.35 Å². The van der Waals surface area contributed by atoms with Crippen molar-refractivity contribution in [2.45, 2.75) is 45.2 Å². The Hall–Kier alpha value is -3.18.